The van der Waals surface area contributed by atoms with Gasteiger partial charge in [-0.05, 0) is 45.2 Å². The molecule has 2 rings (SSSR count). The van der Waals surface area contributed by atoms with Gasteiger partial charge in [0.1, 0.15) is 13.5 Å². The fraction of sp³-hybridized carbons (Fsp3) is 0.579. The van der Waals surface area contributed by atoms with E-state index in [2.05, 4.69) is 10.1 Å². The van der Waals surface area contributed by atoms with Crippen LogP contribution in [0.4, 0.5) is 8.78 Å². The van der Waals surface area contributed by atoms with Gasteiger partial charge in [-0.15, -0.1) is 0 Å². The van der Waals surface area contributed by atoms with E-state index in [0.717, 1.165) is 5.56 Å². The van der Waals surface area contributed by atoms with Crippen LogP contribution >= 0.6 is 0 Å². The molecule has 8 heteroatoms. The monoisotopic (exact) mass is 379 g/mol. The molecule has 2 aromatic rings. The highest BCUT2D eigenvalue weighted by molar-refractivity contribution is 6.31. The van der Waals surface area contributed by atoms with Crippen molar-refractivity contribution in [2.24, 2.45) is 5.92 Å². The molecule has 0 saturated heterocycles. The molecule has 0 aliphatic heterocycles. The van der Waals surface area contributed by atoms with Gasteiger partial charge >= 0.3 is 0 Å². The summed E-state index contributed by atoms with van der Waals surface area (Å²) in [5, 5.41) is 22.4. The zero-order chi connectivity index (χ0) is 21.0. The van der Waals surface area contributed by atoms with E-state index < -0.39 is 17.6 Å². The van der Waals surface area contributed by atoms with Crippen LogP contribution in [-0.2, 0) is 0 Å². The van der Waals surface area contributed by atoms with Crippen molar-refractivity contribution in [1.29, 1.82) is 0 Å². The van der Waals surface area contributed by atoms with Crippen LogP contribution in [0.25, 0.3) is 0 Å². The van der Waals surface area contributed by atoms with Gasteiger partial charge in [0.25, 0.3) is 6.43 Å². The van der Waals surface area contributed by atoms with Gasteiger partial charge in [-0.2, -0.15) is 5.10 Å². The van der Waals surface area contributed by atoms with Crippen molar-refractivity contribution in [1.82, 2.24) is 14.8 Å². The number of alkyl halides is 2. The quantitative estimate of drug-likeness (QED) is 0.784. The zero-order valence-electron chi connectivity index (χ0n) is 16.7. The molecule has 2 N–H and O–H groups in total. The Bertz CT molecular complexity index is 693. The van der Waals surface area contributed by atoms with Crippen LogP contribution in [0.3, 0.4) is 0 Å². The lowest BCUT2D eigenvalue weighted by Crippen LogP contribution is -2.44. The van der Waals surface area contributed by atoms with Gasteiger partial charge in [-0.25, -0.2) is 8.78 Å². The summed E-state index contributed by atoms with van der Waals surface area (Å²) in [4.78, 5) is 3.79. The zero-order valence-corrected chi connectivity index (χ0v) is 16.7. The van der Waals surface area contributed by atoms with Crippen LogP contribution in [0.5, 0.6) is 0 Å². The molecular formula is C19H28BF2N3O2. The van der Waals surface area contributed by atoms with Crippen molar-refractivity contribution >= 4 is 13.3 Å². The Morgan fingerprint density at radius 2 is 1.59 bits per heavy atom. The van der Waals surface area contributed by atoms with Crippen LogP contribution in [-0.4, -0.2) is 44.0 Å². The van der Waals surface area contributed by atoms with E-state index in [-0.39, 0.29) is 17.7 Å². The predicted molar refractivity (Wildman–Crippen MR) is 102 cm³/mol. The maximum Gasteiger partial charge on any atom is 0.280 e. The lowest BCUT2D eigenvalue weighted by atomic mass is 9.90. The lowest BCUT2D eigenvalue weighted by molar-refractivity contribution is -0.107. The first kappa shape index (κ1) is 23.2. The van der Waals surface area contributed by atoms with E-state index >= 15 is 0 Å². The summed E-state index contributed by atoms with van der Waals surface area (Å²) in [5.74, 6) is 0.235. The van der Waals surface area contributed by atoms with Crippen LogP contribution in [0.15, 0.2) is 30.7 Å². The van der Waals surface area contributed by atoms with E-state index in [4.69, 9.17) is 18.1 Å². The standard InChI is InChI=1S/C13H14BF2N3.C6H14O2/c1-8(2)12(19-7-10(14)6-18-19)9-3-4-11(13(15)16)17-5-9;1-5(2,7)6(3,4)8/h3-8,12-13H,1-2H3;7-8H,1-4H3. The first-order valence-corrected chi connectivity index (χ1v) is 8.72. The molecule has 0 amide bonds. The van der Waals surface area contributed by atoms with E-state index in [1.54, 1.807) is 50.8 Å². The highest BCUT2D eigenvalue weighted by Gasteiger charge is 2.31. The van der Waals surface area contributed by atoms with Crippen LogP contribution in [0.2, 0.25) is 0 Å². The Morgan fingerprint density at radius 3 is 1.89 bits per heavy atom. The second-order valence-electron chi connectivity index (χ2n) is 7.88. The SMILES string of the molecule is CC(C)(O)C(C)(C)O.[B]c1cnn(C(c2ccc(C(F)F)nc2)C(C)C)c1. The summed E-state index contributed by atoms with van der Waals surface area (Å²) in [6, 6.07) is 2.94. The Morgan fingerprint density at radius 1 is 1.04 bits per heavy atom. The summed E-state index contributed by atoms with van der Waals surface area (Å²) in [6.45, 7) is 10.4. The predicted octanol–water partition coefficient (Wildman–Crippen LogP) is 2.78. The van der Waals surface area contributed by atoms with E-state index in [1.807, 2.05) is 13.8 Å². The summed E-state index contributed by atoms with van der Waals surface area (Å²) < 4.78 is 26.7. The fourth-order valence-electron chi connectivity index (χ4n) is 2.07. The minimum atomic E-state index is -2.55. The second-order valence-corrected chi connectivity index (χ2v) is 7.88. The van der Waals surface area contributed by atoms with E-state index in [1.165, 1.54) is 12.3 Å². The number of nitrogens with zero attached hydrogens (tertiary/aromatic N) is 3. The molecule has 0 saturated carbocycles. The van der Waals surface area contributed by atoms with Crippen LogP contribution in [0.1, 0.15) is 65.3 Å². The molecule has 0 spiro atoms. The molecule has 1 unspecified atom stereocenters. The summed E-state index contributed by atoms with van der Waals surface area (Å²) >= 11 is 0. The lowest BCUT2D eigenvalue weighted by Gasteiger charge is -2.31. The molecular weight excluding hydrogens is 351 g/mol. The van der Waals surface area contributed by atoms with Crippen molar-refractivity contribution in [2.75, 3.05) is 0 Å². The van der Waals surface area contributed by atoms with Crippen LogP contribution in [0, 0.1) is 5.92 Å². The molecule has 2 aromatic heterocycles. The van der Waals surface area contributed by atoms with Crippen molar-refractivity contribution < 1.29 is 19.0 Å². The van der Waals surface area contributed by atoms with Gasteiger partial charge in [0.2, 0.25) is 0 Å². The number of halogens is 2. The maximum absolute atomic E-state index is 12.5. The third-order valence-corrected chi connectivity index (χ3v) is 4.41. The molecule has 0 aliphatic rings. The number of rotatable bonds is 5. The van der Waals surface area contributed by atoms with Crippen molar-refractivity contribution in [3.8, 4) is 0 Å². The molecule has 27 heavy (non-hydrogen) atoms. The largest absolute Gasteiger partial charge is 0.387 e. The fourth-order valence-corrected chi connectivity index (χ4v) is 2.07. The minimum absolute atomic E-state index is 0.0727. The molecule has 2 radical (unpaired) electrons. The summed E-state index contributed by atoms with van der Waals surface area (Å²) in [6.07, 6.45) is 2.22. The average molecular weight is 379 g/mol. The highest BCUT2D eigenvalue weighted by Crippen LogP contribution is 2.26. The molecule has 1 atom stereocenters. The summed E-state index contributed by atoms with van der Waals surface area (Å²) in [7, 11) is 5.66. The van der Waals surface area contributed by atoms with E-state index in [0.29, 0.717) is 5.46 Å². The molecule has 0 fully saturated rings. The number of aliphatic hydroxyl groups is 2. The van der Waals surface area contributed by atoms with E-state index in [9.17, 15) is 8.78 Å². The first-order chi connectivity index (χ1) is 12.2. The van der Waals surface area contributed by atoms with Crippen molar-refractivity contribution in [3.05, 3.63) is 42.0 Å². The van der Waals surface area contributed by atoms with Gasteiger partial charge in [0.05, 0.1) is 17.2 Å². The van der Waals surface area contributed by atoms with Crippen LogP contribution < -0.4 is 5.46 Å². The normalized spacial score (nSPS) is 13.5. The molecule has 5 nitrogen and oxygen atoms in total. The highest BCUT2D eigenvalue weighted by atomic mass is 19.3. The molecule has 2 heterocycles. The van der Waals surface area contributed by atoms with Gasteiger partial charge in [-0.1, -0.05) is 25.4 Å². The Kier molecular flexibility index (Phi) is 7.69. The number of hydrogen-bond donors (Lipinski definition) is 2. The molecule has 0 aromatic carbocycles. The second kappa shape index (κ2) is 8.93. The molecule has 0 bridgehead atoms. The minimum Gasteiger partial charge on any atom is -0.387 e. The molecule has 0 aliphatic carbocycles. The first-order valence-electron chi connectivity index (χ1n) is 8.72. The molecule has 148 valence electrons. The van der Waals surface area contributed by atoms with Gasteiger partial charge < -0.3 is 10.2 Å². The number of hydrogen-bond acceptors (Lipinski definition) is 4. The van der Waals surface area contributed by atoms with Gasteiger partial charge in [-0.3, -0.25) is 9.67 Å². The van der Waals surface area contributed by atoms with Crippen molar-refractivity contribution in [2.45, 2.75) is 65.2 Å². The third kappa shape index (κ3) is 6.70. The Balaban J connectivity index is 0.000000387. The Hall–Kier alpha value is -1.80. The van der Waals surface area contributed by atoms with Gasteiger partial charge in [0, 0.05) is 18.6 Å². The van der Waals surface area contributed by atoms with Crippen molar-refractivity contribution in [3.63, 3.8) is 0 Å². The number of aromatic nitrogens is 3. The maximum atomic E-state index is 12.5. The smallest absolute Gasteiger partial charge is 0.280 e. The van der Waals surface area contributed by atoms with Gasteiger partial charge in [0.15, 0.2) is 0 Å². The summed E-state index contributed by atoms with van der Waals surface area (Å²) in [5.41, 5.74) is -0.823. The third-order valence-electron chi connectivity index (χ3n) is 4.41. The number of pyridine rings is 1. The average Bonchev–Trinajstić information content (AvgIpc) is 2.92. The Labute approximate surface area is 160 Å². The topological polar surface area (TPSA) is 71.2 Å².